The monoisotopic (exact) mass is 355 g/mol. The first kappa shape index (κ1) is 17.7. The molecule has 3 aromatic rings. The molecule has 1 aromatic carbocycles. The molecule has 0 bridgehead atoms. The van der Waals surface area contributed by atoms with Gasteiger partial charge in [0.25, 0.3) is 5.56 Å². The first-order valence-corrected chi connectivity index (χ1v) is 8.27. The van der Waals surface area contributed by atoms with Crippen LogP contribution in [0.25, 0.3) is 11.2 Å². The van der Waals surface area contributed by atoms with E-state index in [1.807, 2.05) is 32.0 Å². The number of fused-ring (bicyclic) bond motifs is 1. The molecule has 2 aromatic heterocycles. The van der Waals surface area contributed by atoms with Crippen LogP contribution in [0.15, 0.2) is 34.1 Å². The van der Waals surface area contributed by atoms with Crippen molar-refractivity contribution in [3.05, 3.63) is 56.5 Å². The Hall–Kier alpha value is -3.16. The molecule has 1 N–H and O–H groups in total. The minimum Gasteiger partial charge on any atom is -0.326 e. The van der Waals surface area contributed by atoms with E-state index in [1.165, 1.54) is 17.9 Å². The maximum Gasteiger partial charge on any atom is 0.332 e. The maximum absolute atomic E-state index is 12.4. The number of imidazole rings is 1. The molecule has 0 radical (unpaired) electrons. The number of hydrogen-bond acceptors (Lipinski definition) is 4. The van der Waals surface area contributed by atoms with Crippen LogP contribution in [0.4, 0.5) is 5.69 Å². The van der Waals surface area contributed by atoms with Crippen LogP contribution in [0.3, 0.4) is 0 Å². The summed E-state index contributed by atoms with van der Waals surface area (Å²) in [5, 5.41) is 2.90. The average molecular weight is 355 g/mol. The van der Waals surface area contributed by atoms with Crippen LogP contribution in [0.1, 0.15) is 17.5 Å². The summed E-state index contributed by atoms with van der Waals surface area (Å²) in [5.41, 5.74) is 2.61. The lowest BCUT2D eigenvalue weighted by atomic mass is 10.1. The van der Waals surface area contributed by atoms with E-state index in [4.69, 9.17) is 0 Å². The average Bonchev–Trinajstić information content (AvgIpc) is 3.03. The number of hydrogen-bond donors (Lipinski definition) is 1. The van der Waals surface area contributed by atoms with Gasteiger partial charge in [0.05, 0.1) is 6.33 Å². The molecule has 8 heteroatoms. The second-order valence-corrected chi connectivity index (χ2v) is 6.43. The van der Waals surface area contributed by atoms with E-state index in [0.29, 0.717) is 17.7 Å². The Kier molecular flexibility index (Phi) is 4.50. The van der Waals surface area contributed by atoms with Crippen LogP contribution >= 0.6 is 0 Å². The SMILES string of the molecule is Cc1ccc(C)c(NC(=O)CCn2cnc3c2c(=O)n(C)c(=O)n3C)c1. The van der Waals surface area contributed by atoms with E-state index >= 15 is 0 Å². The maximum atomic E-state index is 12.4. The predicted molar refractivity (Wildman–Crippen MR) is 99.4 cm³/mol. The summed E-state index contributed by atoms with van der Waals surface area (Å²) in [5.74, 6) is -0.151. The van der Waals surface area contributed by atoms with Crippen molar-refractivity contribution < 1.29 is 4.79 Å². The number of carbonyl (C=O) groups excluding carboxylic acids is 1. The van der Waals surface area contributed by atoms with Crippen molar-refractivity contribution in [3.63, 3.8) is 0 Å². The fraction of sp³-hybridized carbons (Fsp3) is 0.333. The fourth-order valence-electron chi connectivity index (χ4n) is 2.87. The molecule has 0 saturated carbocycles. The third kappa shape index (κ3) is 3.05. The molecule has 3 rings (SSSR count). The summed E-state index contributed by atoms with van der Waals surface area (Å²) < 4.78 is 3.97. The van der Waals surface area contributed by atoms with Gasteiger partial charge in [-0.15, -0.1) is 0 Å². The minimum absolute atomic E-state index is 0.151. The summed E-state index contributed by atoms with van der Waals surface area (Å²) in [6.07, 6.45) is 1.67. The molecule has 136 valence electrons. The number of aryl methyl sites for hydroxylation is 4. The van der Waals surface area contributed by atoms with Crippen molar-refractivity contribution in [3.8, 4) is 0 Å². The van der Waals surface area contributed by atoms with Gasteiger partial charge in [-0.05, 0) is 31.0 Å². The second kappa shape index (κ2) is 6.62. The number of nitrogens with zero attached hydrogens (tertiary/aromatic N) is 4. The van der Waals surface area contributed by atoms with Gasteiger partial charge in [-0.3, -0.25) is 18.7 Å². The van der Waals surface area contributed by atoms with Gasteiger partial charge in [0.2, 0.25) is 5.91 Å². The van der Waals surface area contributed by atoms with Gasteiger partial charge in [0.15, 0.2) is 11.2 Å². The van der Waals surface area contributed by atoms with Crippen molar-refractivity contribution in [2.24, 2.45) is 14.1 Å². The van der Waals surface area contributed by atoms with Crippen LogP contribution in [-0.2, 0) is 25.4 Å². The van der Waals surface area contributed by atoms with Crippen molar-refractivity contribution in [1.29, 1.82) is 0 Å². The zero-order valence-electron chi connectivity index (χ0n) is 15.2. The van der Waals surface area contributed by atoms with Gasteiger partial charge < -0.3 is 9.88 Å². The smallest absolute Gasteiger partial charge is 0.326 e. The van der Waals surface area contributed by atoms with Crippen molar-refractivity contribution in [2.75, 3.05) is 5.32 Å². The molecular weight excluding hydrogens is 334 g/mol. The number of anilines is 1. The van der Waals surface area contributed by atoms with Gasteiger partial charge in [0, 0.05) is 32.7 Å². The normalized spacial score (nSPS) is 11.1. The lowest BCUT2D eigenvalue weighted by Gasteiger charge is -2.10. The zero-order valence-corrected chi connectivity index (χ0v) is 15.2. The molecule has 26 heavy (non-hydrogen) atoms. The van der Waals surface area contributed by atoms with Crippen LogP contribution in [0.2, 0.25) is 0 Å². The molecule has 1 amide bonds. The van der Waals surface area contributed by atoms with Gasteiger partial charge in [0.1, 0.15) is 0 Å². The highest BCUT2D eigenvalue weighted by atomic mass is 16.2. The Morgan fingerprint density at radius 1 is 1.15 bits per heavy atom. The molecule has 0 unspecified atom stereocenters. The van der Waals surface area contributed by atoms with E-state index in [1.54, 1.807) is 11.6 Å². The molecule has 0 aliphatic carbocycles. The summed E-state index contributed by atoms with van der Waals surface area (Å²) in [6.45, 7) is 4.19. The highest BCUT2D eigenvalue weighted by Gasteiger charge is 2.15. The highest BCUT2D eigenvalue weighted by Crippen LogP contribution is 2.16. The van der Waals surface area contributed by atoms with Crippen LogP contribution in [0, 0.1) is 13.8 Å². The van der Waals surface area contributed by atoms with Crippen molar-refractivity contribution in [1.82, 2.24) is 18.7 Å². The lowest BCUT2D eigenvalue weighted by Crippen LogP contribution is -2.37. The van der Waals surface area contributed by atoms with Crippen LogP contribution in [-0.4, -0.2) is 24.6 Å². The Bertz CT molecular complexity index is 1120. The Morgan fingerprint density at radius 2 is 1.88 bits per heavy atom. The lowest BCUT2D eigenvalue weighted by molar-refractivity contribution is -0.116. The molecular formula is C18H21N5O3. The Labute approximate surface area is 149 Å². The minimum atomic E-state index is -0.430. The standard InChI is InChI=1S/C18H21N5O3/c1-11-5-6-12(2)13(9-11)20-14(24)7-8-23-10-19-16-15(23)17(25)22(4)18(26)21(16)3/h5-6,9-10H,7-8H2,1-4H3,(H,20,24). The third-order valence-electron chi connectivity index (χ3n) is 4.46. The second-order valence-electron chi connectivity index (χ2n) is 6.43. The van der Waals surface area contributed by atoms with Gasteiger partial charge in [-0.1, -0.05) is 12.1 Å². The Morgan fingerprint density at radius 3 is 2.62 bits per heavy atom. The summed E-state index contributed by atoms with van der Waals surface area (Å²) in [7, 11) is 2.99. The molecule has 8 nitrogen and oxygen atoms in total. The third-order valence-corrected chi connectivity index (χ3v) is 4.46. The quantitative estimate of drug-likeness (QED) is 0.758. The molecule has 2 heterocycles. The van der Waals surface area contributed by atoms with E-state index in [9.17, 15) is 14.4 Å². The zero-order chi connectivity index (χ0) is 19.0. The number of nitrogens with one attached hydrogen (secondary N) is 1. The summed E-state index contributed by atoms with van der Waals surface area (Å²) in [6, 6.07) is 5.87. The number of amides is 1. The predicted octanol–water partition coefficient (Wildman–Crippen LogP) is 1.08. The van der Waals surface area contributed by atoms with E-state index in [0.717, 1.165) is 21.4 Å². The highest BCUT2D eigenvalue weighted by molar-refractivity contribution is 5.91. The van der Waals surface area contributed by atoms with Crippen molar-refractivity contribution in [2.45, 2.75) is 26.8 Å². The molecule has 0 spiro atoms. The van der Waals surface area contributed by atoms with Gasteiger partial charge in [-0.2, -0.15) is 0 Å². The van der Waals surface area contributed by atoms with E-state index < -0.39 is 11.2 Å². The number of benzene rings is 1. The van der Waals surface area contributed by atoms with Crippen LogP contribution < -0.4 is 16.6 Å². The molecule has 0 fully saturated rings. The van der Waals surface area contributed by atoms with Crippen LogP contribution in [0.5, 0.6) is 0 Å². The molecule has 0 atom stereocenters. The summed E-state index contributed by atoms with van der Waals surface area (Å²) >= 11 is 0. The molecule has 0 saturated heterocycles. The first-order chi connectivity index (χ1) is 12.3. The van der Waals surface area contributed by atoms with E-state index in [2.05, 4.69) is 10.3 Å². The fourth-order valence-corrected chi connectivity index (χ4v) is 2.87. The van der Waals surface area contributed by atoms with Gasteiger partial charge >= 0.3 is 5.69 Å². The summed E-state index contributed by atoms with van der Waals surface area (Å²) in [4.78, 5) is 40.8. The number of rotatable bonds is 4. The van der Waals surface area contributed by atoms with Crippen molar-refractivity contribution >= 4 is 22.8 Å². The topological polar surface area (TPSA) is 90.9 Å². The first-order valence-electron chi connectivity index (χ1n) is 8.27. The molecule has 0 aliphatic heterocycles. The largest absolute Gasteiger partial charge is 0.332 e. The van der Waals surface area contributed by atoms with E-state index in [-0.39, 0.29) is 12.3 Å². The number of aromatic nitrogens is 4. The van der Waals surface area contributed by atoms with Gasteiger partial charge in [-0.25, -0.2) is 9.78 Å². The Balaban J connectivity index is 1.82. The molecule has 0 aliphatic rings. The number of carbonyl (C=O) groups is 1.